The van der Waals surface area contributed by atoms with Crippen LogP contribution in [0.25, 0.3) is 0 Å². The number of nitrogens with two attached hydrogens (primary N) is 1. The molecule has 0 aliphatic heterocycles. The fraction of sp³-hybridized carbons (Fsp3) is 0.688. The lowest BCUT2D eigenvalue weighted by Gasteiger charge is -2.46. The first-order chi connectivity index (χ1) is 8.55. The molecule has 1 fully saturated rings. The molecule has 3 rings (SSSR count). The second-order valence-corrected chi connectivity index (χ2v) is 6.77. The molecule has 0 spiro atoms. The topological polar surface area (TPSA) is 38.9 Å². The van der Waals surface area contributed by atoms with E-state index in [4.69, 9.17) is 5.73 Å². The van der Waals surface area contributed by atoms with Gasteiger partial charge in [-0.2, -0.15) is 0 Å². The average molecular weight is 244 g/mol. The standard InChI is InChI=1S/C16H24N2/c1-15(2)9-5-10-16(15,17)13-8-3-6-12-7-4-11-18-14(12)13/h4,7,11,13H,3,5-6,8-10,17H2,1-2H3. The minimum Gasteiger partial charge on any atom is -0.324 e. The van der Waals surface area contributed by atoms with Crippen molar-refractivity contribution in [3.63, 3.8) is 0 Å². The zero-order valence-electron chi connectivity index (χ0n) is 11.6. The third-order valence-corrected chi connectivity index (χ3v) is 5.47. The van der Waals surface area contributed by atoms with E-state index in [2.05, 4.69) is 31.0 Å². The molecule has 0 bridgehead atoms. The molecule has 98 valence electrons. The van der Waals surface area contributed by atoms with Crippen molar-refractivity contribution >= 4 is 0 Å². The molecule has 1 saturated carbocycles. The number of aryl methyl sites for hydroxylation is 1. The highest BCUT2D eigenvalue weighted by atomic mass is 14.9. The fourth-order valence-electron chi connectivity index (χ4n) is 4.15. The molecule has 1 aromatic rings. The summed E-state index contributed by atoms with van der Waals surface area (Å²) < 4.78 is 0. The maximum atomic E-state index is 6.89. The summed E-state index contributed by atoms with van der Waals surface area (Å²) in [6, 6.07) is 4.30. The van der Waals surface area contributed by atoms with Crippen molar-refractivity contribution in [3.05, 3.63) is 29.6 Å². The SMILES string of the molecule is CC1(C)CCCC1(N)C1CCCc2cccnc21. The number of hydrogen-bond donors (Lipinski definition) is 1. The molecule has 2 N–H and O–H groups in total. The van der Waals surface area contributed by atoms with Crippen LogP contribution in [0.1, 0.15) is 63.1 Å². The Morgan fingerprint density at radius 1 is 1.28 bits per heavy atom. The fourth-order valence-corrected chi connectivity index (χ4v) is 4.15. The molecule has 2 atom stereocenters. The summed E-state index contributed by atoms with van der Waals surface area (Å²) >= 11 is 0. The second kappa shape index (κ2) is 4.06. The van der Waals surface area contributed by atoms with Gasteiger partial charge < -0.3 is 5.73 Å². The molecule has 0 radical (unpaired) electrons. The van der Waals surface area contributed by atoms with E-state index in [1.165, 1.54) is 43.4 Å². The van der Waals surface area contributed by atoms with E-state index < -0.39 is 0 Å². The predicted molar refractivity (Wildman–Crippen MR) is 74.5 cm³/mol. The molecular weight excluding hydrogens is 220 g/mol. The third-order valence-electron chi connectivity index (χ3n) is 5.47. The van der Waals surface area contributed by atoms with Crippen LogP contribution in [0.3, 0.4) is 0 Å². The van der Waals surface area contributed by atoms with Crippen molar-refractivity contribution in [2.24, 2.45) is 11.1 Å². The first-order valence-electron chi connectivity index (χ1n) is 7.27. The molecule has 2 aliphatic rings. The van der Waals surface area contributed by atoms with E-state index in [0.29, 0.717) is 5.92 Å². The smallest absolute Gasteiger partial charge is 0.0484 e. The average Bonchev–Trinajstić information content (AvgIpc) is 2.64. The molecule has 0 saturated heterocycles. The van der Waals surface area contributed by atoms with Gasteiger partial charge in [0.2, 0.25) is 0 Å². The van der Waals surface area contributed by atoms with Crippen molar-refractivity contribution in [3.8, 4) is 0 Å². The van der Waals surface area contributed by atoms with Crippen LogP contribution in [-0.4, -0.2) is 10.5 Å². The van der Waals surface area contributed by atoms with E-state index in [1.807, 2.05) is 6.20 Å². The van der Waals surface area contributed by atoms with E-state index in [1.54, 1.807) is 0 Å². The minimum atomic E-state index is -0.0590. The van der Waals surface area contributed by atoms with Gasteiger partial charge in [0, 0.05) is 23.3 Å². The zero-order valence-corrected chi connectivity index (χ0v) is 11.6. The van der Waals surface area contributed by atoms with Gasteiger partial charge in [-0.15, -0.1) is 0 Å². The van der Waals surface area contributed by atoms with Gasteiger partial charge in [-0.05, 0) is 49.1 Å². The highest BCUT2D eigenvalue weighted by Crippen LogP contribution is 2.53. The van der Waals surface area contributed by atoms with E-state index in [0.717, 1.165) is 6.42 Å². The highest BCUT2D eigenvalue weighted by molar-refractivity contribution is 5.31. The van der Waals surface area contributed by atoms with Crippen molar-refractivity contribution < 1.29 is 0 Å². The van der Waals surface area contributed by atoms with E-state index in [-0.39, 0.29) is 11.0 Å². The lowest BCUT2D eigenvalue weighted by molar-refractivity contribution is 0.156. The largest absolute Gasteiger partial charge is 0.324 e. The molecular formula is C16H24N2. The first kappa shape index (κ1) is 12.2. The van der Waals surface area contributed by atoms with E-state index >= 15 is 0 Å². The van der Waals surface area contributed by atoms with E-state index in [9.17, 15) is 0 Å². The highest BCUT2D eigenvalue weighted by Gasteiger charge is 2.52. The summed E-state index contributed by atoms with van der Waals surface area (Å²) in [6.45, 7) is 4.69. The van der Waals surface area contributed by atoms with Gasteiger partial charge in [-0.25, -0.2) is 0 Å². The lowest BCUT2D eigenvalue weighted by atomic mass is 9.63. The Morgan fingerprint density at radius 3 is 2.83 bits per heavy atom. The van der Waals surface area contributed by atoms with Crippen LogP contribution in [0.15, 0.2) is 18.3 Å². The molecule has 1 aromatic heterocycles. The Morgan fingerprint density at radius 2 is 2.11 bits per heavy atom. The maximum absolute atomic E-state index is 6.89. The van der Waals surface area contributed by atoms with Gasteiger partial charge in [-0.1, -0.05) is 26.3 Å². The molecule has 1 heterocycles. The number of rotatable bonds is 1. The Hall–Kier alpha value is -0.890. The quantitative estimate of drug-likeness (QED) is 0.822. The van der Waals surface area contributed by atoms with Crippen LogP contribution >= 0.6 is 0 Å². The van der Waals surface area contributed by atoms with Gasteiger partial charge in [0.25, 0.3) is 0 Å². The van der Waals surface area contributed by atoms with Gasteiger partial charge in [-0.3, -0.25) is 4.98 Å². The van der Waals surface area contributed by atoms with Crippen LogP contribution in [0.5, 0.6) is 0 Å². The number of aromatic nitrogens is 1. The molecule has 0 amide bonds. The van der Waals surface area contributed by atoms with Crippen LogP contribution in [0.2, 0.25) is 0 Å². The molecule has 0 aromatic carbocycles. The molecule has 2 unspecified atom stereocenters. The molecule has 2 heteroatoms. The van der Waals surface area contributed by atoms with Crippen molar-refractivity contribution in [2.75, 3.05) is 0 Å². The van der Waals surface area contributed by atoms with Crippen LogP contribution < -0.4 is 5.73 Å². The monoisotopic (exact) mass is 244 g/mol. The Balaban J connectivity index is 2.04. The Kier molecular flexibility index (Phi) is 2.74. The summed E-state index contributed by atoms with van der Waals surface area (Å²) in [5, 5.41) is 0. The van der Waals surface area contributed by atoms with Crippen LogP contribution in [0.4, 0.5) is 0 Å². The Bertz CT molecular complexity index is 452. The lowest BCUT2D eigenvalue weighted by Crippen LogP contribution is -2.54. The normalized spacial score (nSPS) is 34.3. The van der Waals surface area contributed by atoms with Crippen LogP contribution in [0, 0.1) is 5.41 Å². The minimum absolute atomic E-state index is 0.0590. The summed E-state index contributed by atoms with van der Waals surface area (Å²) in [5.74, 6) is 0.458. The summed E-state index contributed by atoms with van der Waals surface area (Å²) in [7, 11) is 0. The van der Waals surface area contributed by atoms with Gasteiger partial charge in [0.1, 0.15) is 0 Å². The molecule has 18 heavy (non-hydrogen) atoms. The van der Waals surface area contributed by atoms with Crippen molar-refractivity contribution in [2.45, 2.75) is 63.8 Å². The maximum Gasteiger partial charge on any atom is 0.0484 e. The third kappa shape index (κ3) is 1.62. The predicted octanol–water partition coefficient (Wildman–Crippen LogP) is 3.41. The summed E-state index contributed by atoms with van der Waals surface area (Å²) in [5.41, 5.74) is 9.79. The van der Waals surface area contributed by atoms with Gasteiger partial charge in [0.15, 0.2) is 0 Å². The zero-order chi connectivity index (χ0) is 12.8. The van der Waals surface area contributed by atoms with Crippen molar-refractivity contribution in [1.82, 2.24) is 4.98 Å². The number of pyridine rings is 1. The summed E-state index contributed by atoms with van der Waals surface area (Å²) in [6.07, 6.45) is 9.26. The number of nitrogens with zero attached hydrogens (tertiary/aromatic N) is 1. The Labute approximate surface area is 110 Å². The van der Waals surface area contributed by atoms with Crippen LogP contribution in [-0.2, 0) is 6.42 Å². The van der Waals surface area contributed by atoms with Gasteiger partial charge >= 0.3 is 0 Å². The molecule has 2 nitrogen and oxygen atoms in total. The number of hydrogen-bond acceptors (Lipinski definition) is 2. The molecule has 2 aliphatic carbocycles. The van der Waals surface area contributed by atoms with Crippen molar-refractivity contribution in [1.29, 1.82) is 0 Å². The van der Waals surface area contributed by atoms with Gasteiger partial charge in [0.05, 0.1) is 0 Å². The number of fused-ring (bicyclic) bond motifs is 1. The first-order valence-corrected chi connectivity index (χ1v) is 7.27. The summed E-state index contributed by atoms with van der Waals surface area (Å²) in [4.78, 5) is 4.68. The second-order valence-electron chi connectivity index (χ2n) is 6.77.